The third-order valence-electron chi connectivity index (χ3n) is 2.86. The van der Waals surface area contributed by atoms with Gasteiger partial charge in [0.05, 0.1) is 5.75 Å². The van der Waals surface area contributed by atoms with Gasteiger partial charge in [0, 0.05) is 25.5 Å². The summed E-state index contributed by atoms with van der Waals surface area (Å²) in [7, 11) is -1.02. The molecule has 0 spiro atoms. The van der Waals surface area contributed by atoms with Crippen LogP contribution in [0, 0.1) is 0 Å². The van der Waals surface area contributed by atoms with Gasteiger partial charge in [-0.2, -0.15) is 0 Å². The quantitative estimate of drug-likeness (QED) is 0.551. The number of rotatable bonds is 5. The van der Waals surface area contributed by atoms with Crippen molar-refractivity contribution >= 4 is 21.6 Å². The Morgan fingerprint density at radius 3 is 2.56 bits per heavy atom. The second-order valence-electron chi connectivity index (χ2n) is 4.27. The SMILES string of the molecule is CN1CCCN(S(=O)(=O)CCCCCl)CC1. The molecule has 1 aliphatic heterocycles. The van der Waals surface area contributed by atoms with Crippen molar-refractivity contribution in [2.75, 3.05) is 44.9 Å². The molecule has 0 atom stereocenters. The van der Waals surface area contributed by atoms with Crippen LogP contribution in [0.4, 0.5) is 0 Å². The molecule has 96 valence electrons. The number of sulfonamides is 1. The van der Waals surface area contributed by atoms with Crippen molar-refractivity contribution in [1.82, 2.24) is 9.21 Å². The van der Waals surface area contributed by atoms with Crippen LogP contribution in [0.5, 0.6) is 0 Å². The van der Waals surface area contributed by atoms with Gasteiger partial charge < -0.3 is 4.90 Å². The predicted octanol–water partition coefficient (Wildman–Crippen LogP) is 0.973. The zero-order valence-electron chi connectivity index (χ0n) is 9.86. The molecule has 0 aromatic rings. The molecule has 1 fully saturated rings. The first kappa shape index (κ1) is 14.2. The molecular formula is C10H21ClN2O2S. The van der Waals surface area contributed by atoms with E-state index in [4.69, 9.17) is 11.6 Å². The Morgan fingerprint density at radius 1 is 1.12 bits per heavy atom. The van der Waals surface area contributed by atoms with Gasteiger partial charge in [0.25, 0.3) is 0 Å². The van der Waals surface area contributed by atoms with E-state index in [-0.39, 0.29) is 5.75 Å². The first-order chi connectivity index (χ1) is 7.56. The molecule has 1 heterocycles. The predicted molar refractivity (Wildman–Crippen MR) is 67.4 cm³/mol. The Bertz CT molecular complexity index is 295. The van der Waals surface area contributed by atoms with Crippen LogP contribution < -0.4 is 0 Å². The fraction of sp³-hybridized carbons (Fsp3) is 1.00. The summed E-state index contributed by atoms with van der Waals surface area (Å²) in [6.45, 7) is 3.09. The maximum absolute atomic E-state index is 12.0. The Kier molecular flexibility index (Phi) is 6.03. The highest BCUT2D eigenvalue weighted by atomic mass is 35.5. The monoisotopic (exact) mass is 268 g/mol. The van der Waals surface area contributed by atoms with Gasteiger partial charge in [-0.15, -0.1) is 11.6 Å². The molecule has 0 radical (unpaired) electrons. The first-order valence-corrected chi connectivity index (χ1v) is 7.93. The molecule has 1 rings (SSSR count). The minimum absolute atomic E-state index is 0.240. The van der Waals surface area contributed by atoms with Crippen LogP contribution in [0.1, 0.15) is 19.3 Å². The molecule has 0 aliphatic carbocycles. The number of hydrogen-bond donors (Lipinski definition) is 0. The molecule has 0 unspecified atom stereocenters. The zero-order chi connectivity index (χ0) is 12.0. The molecule has 6 heteroatoms. The molecule has 0 bridgehead atoms. The van der Waals surface area contributed by atoms with Gasteiger partial charge in [0.15, 0.2) is 0 Å². The second kappa shape index (κ2) is 6.79. The lowest BCUT2D eigenvalue weighted by atomic mass is 10.4. The van der Waals surface area contributed by atoms with Crippen LogP contribution in [0.2, 0.25) is 0 Å². The summed E-state index contributed by atoms with van der Waals surface area (Å²) in [6.07, 6.45) is 2.36. The van der Waals surface area contributed by atoms with Crippen LogP contribution in [0.15, 0.2) is 0 Å². The van der Waals surface area contributed by atoms with E-state index < -0.39 is 10.0 Å². The summed E-state index contributed by atoms with van der Waals surface area (Å²) in [5.41, 5.74) is 0. The Labute approximate surface area is 104 Å². The fourth-order valence-electron chi connectivity index (χ4n) is 1.81. The molecule has 0 aromatic carbocycles. The molecule has 0 saturated carbocycles. The lowest BCUT2D eigenvalue weighted by molar-refractivity contribution is 0.347. The van der Waals surface area contributed by atoms with Crippen molar-refractivity contribution in [1.29, 1.82) is 0 Å². The normalized spacial score (nSPS) is 20.9. The highest BCUT2D eigenvalue weighted by molar-refractivity contribution is 7.89. The summed E-state index contributed by atoms with van der Waals surface area (Å²) in [4.78, 5) is 2.17. The molecule has 0 aromatic heterocycles. The number of halogens is 1. The van der Waals surface area contributed by atoms with Gasteiger partial charge in [0.2, 0.25) is 10.0 Å². The van der Waals surface area contributed by atoms with Crippen molar-refractivity contribution in [3.8, 4) is 0 Å². The second-order valence-corrected chi connectivity index (χ2v) is 6.73. The summed E-state index contributed by atoms with van der Waals surface area (Å²) in [6, 6.07) is 0. The number of unbranched alkanes of at least 4 members (excludes halogenated alkanes) is 1. The average Bonchev–Trinajstić information content (AvgIpc) is 2.43. The number of likely N-dealkylation sites (N-methyl/N-ethyl adjacent to an activating group) is 1. The van der Waals surface area contributed by atoms with E-state index in [9.17, 15) is 8.42 Å². The largest absolute Gasteiger partial charge is 0.305 e. The third-order valence-corrected chi connectivity index (χ3v) is 5.08. The standard InChI is InChI=1S/C10H21ClN2O2S/c1-12-6-4-7-13(9-8-12)16(14,15)10-3-2-5-11/h2-10H2,1H3. The molecule has 1 saturated heterocycles. The van der Waals surface area contributed by atoms with E-state index >= 15 is 0 Å². The zero-order valence-corrected chi connectivity index (χ0v) is 11.4. The average molecular weight is 269 g/mol. The van der Waals surface area contributed by atoms with E-state index in [0.717, 1.165) is 25.9 Å². The third kappa shape index (κ3) is 4.57. The van der Waals surface area contributed by atoms with Crippen molar-refractivity contribution in [2.45, 2.75) is 19.3 Å². The van der Waals surface area contributed by atoms with Gasteiger partial charge in [-0.25, -0.2) is 12.7 Å². The van der Waals surface area contributed by atoms with Gasteiger partial charge in [0.1, 0.15) is 0 Å². The van der Waals surface area contributed by atoms with Crippen LogP contribution in [-0.2, 0) is 10.0 Å². The maximum atomic E-state index is 12.0. The minimum atomic E-state index is -3.05. The molecule has 16 heavy (non-hydrogen) atoms. The number of hydrogen-bond acceptors (Lipinski definition) is 3. The number of nitrogens with zero attached hydrogens (tertiary/aromatic N) is 2. The smallest absolute Gasteiger partial charge is 0.214 e. The van der Waals surface area contributed by atoms with E-state index in [1.807, 2.05) is 7.05 Å². The van der Waals surface area contributed by atoms with Crippen LogP contribution in [0.3, 0.4) is 0 Å². The van der Waals surface area contributed by atoms with Crippen molar-refractivity contribution in [3.63, 3.8) is 0 Å². The molecular weight excluding hydrogens is 248 g/mol. The van der Waals surface area contributed by atoms with Gasteiger partial charge in [-0.1, -0.05) is 0 Å². The van der Waals surface area contributed by atoms with Crippen molar-refractivity contribution < 1.29 is 8.42 Å². The molecule has 4 nitrogen and oxygen atoms in total. The van der Waals surface area contributed by atoms with E-state index in [1.54, 1.807) is 4.31 Å². The Balaban J connectivity index is 2.47. The van der Waals surface area contributed by atoms with Crippen LogP contribution in [0.25, 0.3) is 0 Å². The van der Waals surface area contributed by atoms with E-state index in [0.29, 0.717) is 25.4 Å². The van der Waals surface area contributed by atoms with E-state index in [2.05, 4.69) is 4.90 Å². The molecule has 0 N–H and O–H groups in total. The van der Waals surface area contributed by atoms with E-state index in [1.165, 1.54) is 0 Å². The summed E-state index contributed by atoms with van der Waals surface area (Å²) >= 11 is 5.55. The first-order valence-electron chi connectivity index (χ1n) is 5.78. The summed E-state index contributed by atoms with van der Waals surface area (Å²) in [5, 5.41) is 0. The topological polar surface area (TPSA) is 40.6 Å². The van der Waals surface area contributed by atoms with Crippen LogP contribution in [-0.4, -0.2) is 62.5 Å². The minimum Gasteiger partial charge on any atom is -0.305 e. The summed E-state index contributed by atoms with van der Waals surface area (Å²) in [5.74, 6) is 0.779. The highest BCUT2D eigenvalue weighted by Gasteiger charge is 2.23. The molecule has 0 amide bonds. The fourth-order valence-corrected chi connectivity index (χ4v) is 3.59. The lowest BCUT2D eigenvalue weighted by Crippen LogP contribution is -2.36. The molecule has 1 aliphatic rings. The van der Waals surface area contributed by atoms with Gasteiger partial charge >= 0.3 is 0 Å². The van der Waals surface area contributed by atoms with Crippen molar-refractivity contribution in [2.24, 2.45) is 0 Å². The van der Waals surface area contributed by atoms with Gasteiger partial charge in [-0.05, 0) is 32.9 Å². The summed E-state index contributed by atoms with van der Waals surface area (Å²) < 4.78 is 25.6. The number of alkyl halides is 1. The highest BCUT2D eigenvalue weighted by Crippen LogP contribution is 2.09. The van der Waals surface area contributed by atoms with Gasteiger partial charge in [-0.3, -0.25) is 0 Å². The van der Waals surface area contributed by atoms with Crippen LogP contribution >= 0.6 is 11.6 Å². The van der Waals surface area contributed by atoms with Crippen molar-refractivity contribution in [3.05, 3.63) is 0 Å². The Morgan fingerprint density at radius 2 is 1.88 bits per heavy atom. The Hall–Kier alpha value is 0.160. The maximum Gasteiger partial charge on any atom is 0.214 e. The lowest BCUT2D eigenvalue weighted by Gasteiger charge is -2.19.